The third kappa shape index (κ3) is 4.94. The SMILES string of the molecule is CC(=O)N(c1cccc(Cl)c1)c1nc(/C=C2\SC(=NC3CCCCC3)NC2=O)cs1. The summed E-state index contributed by atoms with van der Waals surface area (Å²) in [5, 5.41) is 6.41. The molecule has 1 saturated heterocycles. The van der Waals surface area contributed by atoms with Crippen LogP contribution in [0.1, 0.15) is 44.7 Å². The lowest BCUT2D eigenvalue weighted by Gasteiger charge is -2.18. The number of amidine groups is 1. The summed E-state index contributed by atoms with van der Waals surface area (Å²) < 4.78 is 0. The number of thiazole rings is 1. The summed E-state index contributed by atoms with van der Waals surface area (Å²) in [7, 11) is 0. The molecule has 0 atom stereocenters. The van der Waals surface area contributed by atoms with Crippen molar-refractivity contribution in [3.05, 3.63) is 45.3 Å². The van der Waals surface area contributed by atoms with Crippen molar-refractivity contribution < 1.29 is 9.59 Å². The van der Waals surface area contributed by atoms with Gasteiger partial charge in [0.2, 0.25) is 5.91 Å². The van der Waals surface area contributed by atoms with Gasteiger partial charge in [-0.3, -0.25) is 19.5 Å². The van der Waals surface area contributed by atoms with Crippen LogP contribution < -0.4 is 10.2 Å². The first-order valence-corrected chi connectivity index (χ1v) is 11.9. The summed E-state index contributed by atoms with van der Waals surface area (Å²) in [5.41, 5.74) is 1.28. The topological polar surface area (TPSA) is 74.7 Å². The Hall–Kier alpha value is -2.16. The summed E-state index contributed by atoms with van der Waals surface area (Å²) in [5.74, 6) is -0.330. The van der Waals surface area contributed by atoms with Gasteiger partial charge in [-0.2, -0.15) is 0 Å². The number of aliphatic imine (C=N–C) groups is 1. The van der Waals surface area contributed by atoms with Crippen molar-refractivity contribution in [1.29, 1.82) is 0 Å². The van der Waals surface area contributed by atoms with E-state index in [2.05, 4.69) is 10.3 Å². The average Bonchev–Trinajstić information content (AvgIpc) is 3.29. The number of carbonyl (C=O) groups is 2. The van der Waals surface area contributed by atoms with Crippen molar-refractivity contribution in [3.63, 3.8) is 0 Å². The zero-order chi connectivity index (χ0) is 21.1. The van der Waals surface area contributed by atoms with Crippen LogP contribution in [0.3, 0.4) is 0 Å². The van der Waals surface area contributed by atoms with Gasteiger partial charge >= 0.3 is 0 Å². The number of nitrogens with one attached hydrogen (secondary N) is 1. The van der Waals surface area contributed by atoms with Crippen molar-refractivity contribution in [3.8, 4) is 0 Å². The molecule has 2 heterocycles. The minimum atomic E-state index is -0.166. The van der Waals surface area contributed by atoms with Crippen LogP contribution in [0.15, 0.2) is 39.5 Å². The van der Waals surface area contributed by atoms with Crippen molar-refractivity contribution in [2.45, 2.75) is 45.1 Å². The molecule has 1 aromatic carbocycles. The van der Waals surface area contributed by atoms with E-state index in [9.17, 15) is 9.59 Å². The normalized spacial score (nSPS) is 20.0. The molecule has 0 bridgehead atoms. The second-order valence-corrected chi connectivity index (χ2v) is 9.48. The van der Waals surface area contributed by atoms with Gasteiger partial charge in [0.15, 0.2) is 10.3 Å². The first kappa shape index (κ1) is 21.1. The van der Waals surface area contributed by atoms with Crippen LogP contribution in [-0.2, 0) is 9.59 Å². The lowest BCUT2D eigenvalue weighted by Crippen LogP contribution is -2.22. The molecule has 1 saturated carbocycles. The molecule has 1 aliphatic heterocycles. The zero-order valence-electron chi connectivity index (χ0n) is 16.4. The van der Waals surface area contributed by atoms with Crippen LogP contribution >= 0.6 is 34.7 Å². The van der Waals surface area contributed by atoms with Crippen LogP contribution in [0.4, 0.5) is 10.8 Å². The Balaban J connectivity index is 1.53. The lowest BCUT2D eigenvalue weighted by molar-refractivity contribution is -0.116. The van der Waals surface area contributed by atoms with Gasteiger partial charge in [-0.05, 0) is 48.9 Å². The molecule has 4 rings (SSSR count). The fraction of sp³-hybridized carbons (Fsp3) is 0.333. The van der Waals surface area contributed by atoms with Crippen molar-refractivity contribution in [2.24, 2.45) is 4.99 Å². The molecular weight excluding hydrogens is 440 g/mol. The molecule has 2 amide bonds. The maximum atomic E-state index is 12.4. The summed E-state index contributed by atoms with van der Waals surface area (Å²) in [4.78, 5) is 35.9. The number of hydrogen-bond acceptors (Lipinski definition) is 6. The molecule has 2 fully saturated rings. The number of thioether (sulfide) groups is 1. The highest BCUT2D eigenvalue weighted by atomic mass is 35.5. The molecule has 0 unspecified atom stereocenters. The molecule has 2 aromatic rings. The maximum absolute atomic E-state index is 12.4. The van der Waals surface area contributed by atoms with Crippen molar-refractivity contribution >= 4 is 68.6 Å². The molecular formula is C21H21ClN4O2S2. The van der Waals surface area contributed by atoms with Crippen LogP contribution in [0.5, 0.6) is 0 Å². The minimum Gasteiger partial charge on any atom is -0.301 e. The van der Waals surface area contributed by atoms with Crippen molar-refractivity contribution in [1.82, 2.24) is 10.3 Å². The number of nitrogens with zero attached hydrogens (tertiary/aromatic N) is 3. The smallest absolute Gasteiger partial charge is 0.264 e. The van der Waals surface area contributed by atoms with Crippen molar-refractivity contribution in [2.75, 3.05) is 4.90 Å². The first-order valence-electron chi connectivity index (χ1n) is 9.80. The minimum absolute atomic E-state index is 0.164. The molecule has 2 aliphatic rings. The van der Waals surface area contributed by atoms with Crippen LogP contribution in [0.25, 0.3) is 6.08 Å². The van der Waals surface area contributed by atoms with E-state index < -0.39 is 0 Å². The highest BCUT2D eigenvalue weighted by molar-refractivity contribution is 8.18. The van der Waals surface area contributed by atoms with Gasteiger partial charge in [0.05, 0.1) is 22.3 Å². The van der Waals surface area contributed by atoms with E-state index in [4.69, 9.17) is 16.6 Å². The van der Waals surface area contributed by atoms with E-state index in [1.165, 1.54) is 54.2 Å². The summed E-state index contributed by atoms with van der Waals surface area (Å²) in [6.07, 6.45) is 7.56. The quantitative estimate of drug-likeness (QED) is 0.622. The molecule has 30 heavy (non-hydrogen) atoms. The number of aromatic nitrogens is 1. The summed E-state index contributed by atoms with van der Waals surface area (Å²) >= 11 is 8.76. The fourth-order valence-corrected chi connectivity index (χ4v) is 5.39. The molecule has 6 nitrogen and oxygen atoms in total. The highest BCUT2D eigenvalue weighted by Crippen LogP contribution is 2.33. The van der Waals surface area contributed by atoms with E-state index in [1.807, 2.05) is 5.38 Å². The Morgan fingerprint density at radius 3 is 2.87 bits per heavy atom. The number of hydrogen-bond donors (Lipinski definition) is 1. The Kier molecular flexibility index (Phi) is 6.55. The number of amides is 2. The number of carbonyl (C=O) groups excluding carboxylic acids is 2. The van der Waals surface area contributed by atoms with E-state index in [0.29, 0.717) is 37.7 Å². The number of rotatable bonds is 4. The van der Waals surface area contributed by atoms with Gasteiger partial charge in [-0.1, -0.05) is 36.9 Å². The summed E-state index contributed by atoms with van der Waals surface area (Å²) in [6.45, 7) is 1.48. The van der Waals surface area contributed by atoms with E-state index in [1.54, 1.807) is 30.3 Å². The Morgan fingerprint density at radius 1 is 1.33 bits per heavy atom. The second-order valence-electron chi connectivity index (χ2n) is 7.18. The maximum Gasteiger partial charge on any atom is 0.264 e. The molecule has 1 aromatic heterocycles. The van der Waals surface area contributed by atoms with E-state index in [-0.39, 0.29) is 11.8 Å². The van der Waals surface area contributed by atoms with Gasteiger partial charge in [0, 0.05) is 17.3 Å². The standard InChI is InChI=1S/C21H21ClN4O2S2/c1-13(27)26(17-9-5-6-14(22)10-17)21-24-16(12-29-21)11-18-19(28)25-20(30-18)23-15-7-3-2-4-8-15/h5-6,9-12,15H,2-4,7-8H2,1H3,(H,23,25,28)/b18-11-. The second kappa shape index (κ2) is 9.32. The van der Waals surface area contributed by atoms with Crippen LogP contribution in [-0.4, -0.2) is 28.0 Å². The average molecular weight is 461 g/mol. The molecule has 156 valence electrons. The monoisotopic (exact) mass is 460 g/mol. The third-order valence-corrected chi connectivity index (χ3v) is 6.89. The first-order chi connectivity index (χ1) is 14.5. The number of benzene rings is 1. The molecule has 0 radical (unpaired) electrons. The predicted molar refractivity (Wildman–Crippen MR) is 124 cm³/mol. The van der Waals surface area contributed by atoms with Crippen LogP contribution in [0, 0.1) is 0 Å². The molecule has 0 spiro atoms. The number of halogens is 1. The van der Waals surface area contributed by atoms with Gasteiger partial charge in [0.25, 0.3) is 5.91 Å². The molecule has 1 aliphatic carbocycles. The van der Waals surface area contributed by atoms with Crippen LogP contribution in [0.2, 0.25) is 5.02 Å². The largest absolute Gasteiger partial charge is 0.301 e. The van der Waals surface area contributed by atoms with E-state index in [0.717, 1.165) is 12.8 Å². The lowest BCUT2D eigenvalue weighted by atomic mass is 9.96. The Morgan fingerprint density at radius 2 is 2.13 bits per heavy atom. The highest BCUT2D eigenvalue weighted by Gasteiger charge is 2.26. The molecule has 1 N–H and O–H groups in total. The predicted octanol–water partition coefficient (Wildman–Crippen LogP) is 5.37. The van der Waals surface area contributed by atoms with Gasteiger partial charge in [-0.25, -0.2) is 4.98 Å². The fourth-order valence-electron chi connectivity index (χ4n) is 3.49. The van der Waals surface area contributed by atoms with E-state index >= 15 is 0 Å². The van der Waals surface area contributed by atoms with Gasteiger partial charge in [-0.15, -0.1) is 11.3 Å². The number of anilines is 2. The van der Waals surface area contributed by atoms with Gasteiger partial charge < -0.3 is 5.32 Å². The third-order valence-electron chi connectivity index (χ3n) is 4.89. The Labute approximate surface area is 188 Å². The van der Waals surface area contributed by atoms with Gasteiger partial charge in [0.1, 0.15) is 0 Å². The Bertz CT molecular complexity index is 1030. The summed E-state index contributed by atoms with van der Waals surface area (Å²) in [6, 6.07) is 7.37. The zero-order valence-corrected chi connectivity index (χ0v) is 18.8. The molecule has 9 heteroatoms.